The Morgan fingerprint density at radius 3 is 2.72 bits per heavy atom. The van der Waals surface area contributed by atoms with E-state index in [2.05, 4.69) is 56.8 Å². The lowest BCUT2D eigenvalue weighted by atomic mass is 10.0. The van der Waals surface area contributed by atoms with Gasteiger partial charge in [-0.15, -0.1) is 24.0 Å². The number of halogens is 1. The minimum absolute atomic E-state index is 0. The summed E-state index contributed by atoms with van der Waals surface area (Å²) in [6.45, 7) is 2.08. The van der Waals surface area contributed by atoms with Gasteiger partial charge in [-0.3, -0.25) is 9.67 Å². The SMILES string of the molecule is CN=C(NC1CC1c1ccccc1)N1CCC(c2cnn(C)c2)C1.I. The van der Waals surface area contributed by atoms with E-state index in [-0.39, 0.29) is 24.0 Å². The molecule has 6 heteroatoms. The number of benzene rings is 1. The Balaban J connectivity index is 0.00000182. The minimum Gasteiger partial charge on any atom is -0.353 e. The summed E-state index contributed by atoms with van der Waals surface area (Å²) in [6.07, 6.45) is 6.50. The molecule has 1 aliphatic carbocycles. The predicted molar refractivity (Wildman–Crippen MR) is 112 cm³/mol. The second-order valence-electron chi connectivity index (χ2n) is 6.93. The molecule has 2 fully saturated rings. The number of aliphatic imine (C=N–C) groups is 1. The first kappa shape index (κ1) is 18.2. The van der Waals surface area contributed by atoms with Crippen LogP contribution in [-0.4, -0.2) is 46.8 Å². The Morgan fingerprint density at radius 2 is 2.04 bits per heavy atom. The molecule has 1 aromatic heterocycles. The Kier molecular flexibility index (Phi) is 5.66. The number of likely N-dealkylation sites (tertiary alicyclic amines) is 1. The van der Waals surface area contributed by atoms with E-state index in [1.807, 2.05) is 25.0 Å². The highest BCUT2D eigenvalue weighted by molar-refractivity contribution is 14.0. The maximum Gasteiger partial charge on any atom is 0.193 e. The van der Waals surface area contributed by atoms with Crippen LogP contribution in [0.4, 0.5) is 0 Å². The van der Waals surface area contributed by atoms with Gasteiger partial charge in [-0.25, -0.2) is 0 Å². The molecule has 2 heterocycles. The summed E-state index contributed by atoms with van der Waals surface area (Å²) in [5.74, 6) is 2.23. The third-order valence-electron chi connectivity index (χ3n) is 5.23. The largest absolute Gasteiger partial charge is 0.353 e. The number of aromatic nitrogens is 2. The van der Waals surface area contributed by atoms with Crippen LogP contribution in [-0.2, 0) is 7.05 Å². The first-order valence-electron chi connectivity index (χ1n) is 8.76. The van der Waals surface area contributed by atoms with Crippen molar-refractivity contribution >= 4 is 29.9 Å². The van der Waals surface area contributed by atoms with Gasteiger partial charge < -0.3 is 10.2 Å². The van der Waals surface area contributed by atoms with Crippen molar-refractivity contribution < 1.29 is 0 Å². The van der Waals surface area contributed by atoms with Crippen molar-refractivity contribution in [1.29, 1.82) is 0 Å². The zero-order valence-electron chi connectivity index (χ0n) is 14.8. The predicted octanol–water partition coefficient (Wildman–Crippen LogP) is 2.96. The molecule has 25 heavy (non-hydrogen) atoms. The summed E-state index contributed by atoms with van der Waals surface area (Å²) in [5.41, 5.74) is 2.77. The van der Waals surface area contributed by atoms with Crippen LogP contribution < -0.4 is 5.32 Å². The van der Waals surface area contributed by atoms with Gasteiger partial charge in [0.1, 0.15) is 0 Å². The van der Waals surface area contributed by atoms with E-state index in [4.69, 9.17) is 0 Å². The molecular weight excluding hydrogens is 425 g/mol. The maximum atomic E-state index is 4.52. The van der Waals surface area contributed by atoms with Crippen LogP contribution >= 0.6 is 24.0 Å². The summed E-state index contributed by atoms with van der Waals surface area (Å²) >= 11 is 0. The lowest BCUT2D eigenvalue weighted by Gasteiger charge is -2.21. The second kappa shape index (κ2) is 7.76. The topological polar surface area (TPSA) is 45.5 Å². The third kappa shape index (κ3) is 3.99. The van der Waals surface area contributed by atoms with Crippen LogP contribution in [0, 0.1) is 0 Å². The van der Waals surface area contributed by atoms with Crippen LogP contribution in [0.15, 0.2) is 47.7 Å². The normalized spacial score (nSPS) is 25.6. The van der Waals surface area contributed by atoms with Crippen LogP contribution in [0.25, 0.3) is 0 Å². The highest BCUT2D eigenvalue weighted by Gasteiger charge is 2.40. The first-order valence-corrected chi connectivity index (χ1v) is 8.76. The Hall–Kier alpha value is -1.57. The molecule has 0 spiro atoms. The Labute approximate surface area is 166 Å². The molecule has 3 unspecified atom stereocenters. The van der Waals surface area contributed by atoms with Gasteiger partial charge in [0.05, 0.1) is 6.20 Å². The van der Waals surface area contributed by atoms with Gasteiger partial charge >= 0.3 is 0 Å². The standard InChI is InChI=1S/C19H25N5.HI/c1-20-19(22-18-10-17(18)14-6-4-3-5-7-14)24-9-8-15(13-24)16-11-21-23(2)12-16;/h3-7,11-12,15,17-18H,8-10,13H2,1-2H3,(H,20,22);1H. The molecular formula is C19H26IN5. The summed E-state index contributed by atoms with van der Waals surface area (Å²) in [4.78, 5) is 6.91. The number of aryl methyl sites for hydroxylation is 1. The van der Waals surface area contributed by atoms with Gasteiger partial charge in [-0.2, -0.15) is 5.10 Å². The number of guanidine groups is 1. The van der Waals surface area contributed by atoms with Crippen molar-refractivity contribution in [2.24, 2.45) is 12.0 Å². The molecule has 1 saturated heterocycles. The van der Waals surface area contributed by atoms with Crippen molar-refractivity contribution in [3.8, 4) is 0 Å². The number of hydrogen-bond acceptors (Lipinski definition) is 2. The molecule has 1 aliphatic heterocycles. The van der Waals surface area contributed by atoms with Crippen molar-refractivity contribution in [3.63, 3.8) is 0 Å². The van der Waals surface area contributed by atoms with Crippen molar-refractivity contribution in [2.45, 2.75) is 30.7 Å². The number of rotatable bonds is 3. The quantitative estimate of drug-likeness (QED) is 0.444. The fourth-order valence-corrected chi connectivity index (χ4v) is 3.76. The van der Waals surface area contributed by atoms with Crippen molar-refractivity contribution in [3.05, 3.63) is 53.9 Å². The van der Waals surface area contributed by atoms with Crippen molar-refractivity contribution in [2.75, 3.05) is 20.1 Å². The fourth-order valence-electron chi connectivity index (χ4n) is 3.76. The molecule has 1 N–H and O–H groups in total. The molecule has 3 atom stereocenters. The molecule has 4 rings (SSSR count). The van der Waals surface area contributed by atoms with Crippen LogP contribution in [0.5, 0.6) is 0 Å². The first-order chi connectivity index (χ1) is 11.7. The van der Waals surface area contributed by atoms with E-state index < -0.39 is 0 Å². The Morgan fingerprint density at radius 1 is 1.24 bits per heavy atom. The summed E-state index contributed by atoms with van der Waals surface area (Å²) < 4.78 is 1.89. The molecule has 0 radical (unpaired) electrons. The van der Waals surface area contributed by atoms with Crippen molar-refractivity contribution in [1.82, 2.24) is 20.0 Å². The molecule has 1 aromatic carbocycles. The van der Waals surface area contributed by atoms with Gasteiger partial charge in [-0.1, -0.05) is 30.3 Å². The molecule has 0 amide bonds. The average Bonchev–Trinajstić information content (AvgIpc) is 2.99. The van der Waals surface area contributed by atoms with Gasteiger partial charge in [0, 0.05) is 51.3 Å². The van der Waals surface area contributed by atoms with E-state index in [0.29, 0.717) is 17.9 Å². The lowest BCUT2D eigenvalue weighted by molar-refractivity contribution is 0.484. The average molecular weight is 451 g/mol. The van der Waals surface area contributed by atoms with E-state index in [1.165, 1.54) is 24.0 Å². The zero-order chi connectivity index (χ0) is 16.5. The Bertz CT molecular complexity index is 726. The van der Waals surface area contributed by atoms with Gasteiger partial charge in [0.2, 0.25) is 0 Å². The smallest absolute Gasteiger partial charge is 0.193 e. The van der Waals surface area contributed by atoms with Crippen LogP contribution in [0.1, 0.15) is 35.8 Å². The second-order valence-corrected chi connectivity index (χ2v) is 6.93. The summed E-state index contributed by atoms with van der Waals surface area (Å²) in [5, 5.41) is 7.97. The summed E-state index contributed by atoms with van der Waals surface area (Å²) in [7, 11) is 3.87. The fraction of sp³-hybridized carbons (Fsp3) is 0.474. The van der Waals surface area contributed by atoms with E-state index >= 15 is 0 Å². The van der Waals surface area contributed by atoms with Gasteiger partial charge in [0.25, 0.3) is 0 Å². The molecule has 0 bridgehead atoms. The van der Waals surface area contributed by atoms with Crippen LogP contribution in [0.2, 0.25) is 0 Å². The third-order valence-corrected chi connectivity index (χ3v) is 5.23. The van der Waals surface area contributed by atoms with E-state index in [1.54, 1.807) is 0 Å². The van der Waals surface area contributed by atoms with Gasteiger partial charge in [-0.05, 0) is 24.0 Å². The molecule has 134 valence electrons. The van der Waals surface area contributed by atoms with Crippen LogP contribution in [0.3, 0.4) is 0 Å². The lowest BCUT2D eigenvalue weighted by Crippen LogP contribution is -2.41. The maximum absolute atomic E-state index is 4.52. The highest BCUT2D eigenvalue weighted by Crippen LogP contribution is 2.40. The summed E-state index contributed by atoms with van der Waals surface area (Å²) in [6, 6.07) is 11.3. The number of hydrogen-bond donors (Lipinski definition) is 1. The van der Waals surface area contributed by atoms with E-state index in [9.17, 15) is 0 Å². The molecule has 5 nitrogen and oxygen atoms in total. The zero-order valence-corrected chi connectivity index (χ0v) is 17.1. The molecule has 2 aromatic rings. The molecule has 2 aliphatic rings. The van der Waals surface area contributed by atoms with Gasteiger partial charge in [0.15, 0.2) is 5.96 Å². The number of nitrogens with one attached hydrogen (secondary N) is 1. The highest BCUT2D eigenvalue weighted by atomic mass is 127. The molecule has 1 saturated carbocycles. The van der Waals surface area contributed by atoms with E-state index in [0.717, 1.165) is 19.0 Å². The monoisotopic (exact) mass is 451 g/mol. The minimum atomic E-state index is 0. The number of nitrogens with zero attached hydrogens (tertiary/aromatic N) is 4.